The van der Waals surface area contributed by atoms with Crippen molar-refractivity contribution in [3.8, 4) is 0 Å². The Morgan fingerprint density at radius 1 is 1.00 bits per heavy atom. The van der Waals surface area contributed by atoms with Crippen LogP contribution in [0.25, 0.3) is 0 Å². The molecule has 33 heavy (non-hydrogen) atoms. The number of hydrogen-bond acceptors (Lipinski definition) is 3. The maximum Gasteiger partial charge on any atom is 0.253 e. The molecule has 0 aliphatic carbocycles. The van der Waals surface area contributed by atoms with Crippen molar-refractivity contribution in [2.75, 3.05) is 19.6 Å². The summed E-state index contributed by atoms with van der Waals surface area (Å²) in [7, 11) is 0. The van der Waals surface area contributed by atoms with Crippen molar-refractivity contribution in [3.63, 3.8) is 0 Å². The van der Waals surface area contributed by atoms with E-state index in [9.17, 15) is 14.4 Å². The van der Waals surface area contributed by atoms with Crippen LogP contribution in [0.2, 0.25) is 0 Å². The number of nitrogens with one attached hydrogen (secondary N) is 2. The van der Waals surface area contributed by atoms with Gasteiger partial charge in [-0.1, -0.05) is 49.7 Å². The van der Waals surface area contributed by atoms with Crippen LogP contribution < -0.4 is 10.6 Å². The smallest absolute Gasteiger partial charge is 0.253 e. The summed E-state index contributed by atoms with van der Waals surface area (Å²) >= 11 is 0. The molecule has 0 radical (unpaired) electrons. The molecule has 176 valence electrons. The van der Waals surface area contributed by atoms with Gasteiger partial charge in [-0.25, -0.2) is 0 Å². The monoisotopic (exact) mass is 449 g/mol. The fourth-order valence-corrected chi connectivity index (χ4v) is 4.26. The van der Waals surface area contributed by atoms with Crippen LogP contribution in [0.15, 0.2) is 48.5 Å². The highest BCUT2D eigenvalue weighted by Crippen LogP contribution is 2.23. The molecule has 2 N–H and O–H groups in total. The van der Waals surface area contributed by atoms with Gasteiger partial charge in [0.15, 0.2) is 0 Å². The van der Waals surface area contributed by atoms with Crippen molar-refractivity contribution in [2.24, 2.45) is 11.8 Å². The van der Waals surface area contributed by atoms with Gasteiger partial charge in [0.2, 0.25) is 5.91 Å². The average molecular weight is 450 g/mol. The summed E-state index contributed by atoms with van der Waals surface area (Å²) in [5.41, 5.74) is 3.19. The maximum atomic E-state index is 13.1. The molecule has 3 amide bonds. The van der Waals surface area contributed by atoms with Gasteiger partial charge in [0.05, 0.1) is 0 Å². The highest BCUT2D eigenvalue weighted by Gasteiger charge is 2.34. The number of carbonyl (C=O) groups excluding carboxylic acids is 3. The van der Waals surface area contributed by atoms with Crippen LogP contribution in [0.1, 0.15) is 58.5 Å². The molecule has 2 aromatic rings. The molecule has 2 aromatic carbocycles. The van der Waals surface area contributed by atoms with Crippen molar-refractivity contribution in [3.05, 3.63) is 70.8 Å². The number of carbonyl (C=O) groups is 3. The Labute approximate surface area is 196 Å². The molecule has 6 heteroatoms. The number of benzene rings is 2. The first-order valence-electron chi connectivity index (χ1n) is 11.8. The average Bonchev–Trinajstić information content (AvgIpc) is 2.81. The second-order valence-corrected chi connectivity index (χ2v) is 9.40. The fraction of sp³-hybridized carbons (Fsp3) is 0.444. The third-order valence-electron chi connectivity index (χ3n) is 6.21. The first kappa shape index (κ1) is 24.5. The van der Waals surface area contributed by atoms with Gasteiger partial charge >= 0.3 is 0 Å². The van der Waals surface area contributed by atoms with Crippen LogP contribution in [-0.4, -0.2) is 48.3 Å². The lowest BCUT2D eigenvalue weighted by Gasteiger charge is -2.36. The third kappa shape index (κ3) is 6.44. The van der Waals surface area contributed by atoms with E-state index in [4.69, 9.17) is 0 Å². The Bertz CT molecular complexity index is 994. The predicted molar refractivity (Wildman–Crippen MR) is 130 cm³/mol. The van der Waals surface area contributed by atoms with Crippen LogP contribution in [0.5, 0.6) is 0 Å². The Hall–Kier alpha value is -3.15. The minimum Gasteiger partial charge on any atom is -0.354 e. The summed E-state index contributed by atoms with van der Waals surface area (Å²) in [6.07, 6.45) is 1.32. The minimum absolute atomic E-state index is 0.0157. The van der Waals surface area contributed by atoms with Crippen molar-refractivity contribution in [1.82, 2.24) is 15.5 Å². The van der Waals surface area contributed by atoms with Crippen LogP contribution >= 0.6 is 0 Å². The van der Waals surface area contributed by atoms with E-state index in [2.05, 4.69) is 10.6 Å². The molecule has 0 saturated carbocycles. The van der Waals surface area contributed by atoms with Gasteiger partial charge in [-0.15, -0.1) is 0 Å². The third-order valence-corrected chi connectivity index (χ3v) is 6.21. The van der Waals surface area contributed by atoms with E-state index in [1.54, 1.807) is 6.07 Å². The second-order valence-electron chi connectivity index (χ2n) is 9.40. The SMILES string of the molecule is Cc1cccc(C(=O)N2CCC([C@@H](NC(=O)c3ccccc3C)C(=O)NCC(C)C)CC2)c1. The molecular formula is C27H35N3O3. The van der Waals surface area contributed by atoms with Gasteiger partial charge in [-0.3, -0.25) is 14.4 Å². The standard InChI is InChI=1S/C27H35N3O3/c1-18(2)17-28-26(32)24(29-25(31)23-11-6-5-9-20(23)4)21-12-14-30(15-13-21)27(33)22-10-7-8-19(3)16-22/h5-11,16,18,21,24H,12-15,17H2,1-4H3,(H,28,32)(H,29,31)/t24-/m1/s1. The summed E-state index contributed by atoms with van der Waals surface area (Å²) in [6.45, 7) is 9.61. The zero-order valence-electron chi connectivity index (χ0n) is 20.1. The van der Waals surface area contributed by atoms with Crippen molar-refractivity contribution in [2.45, 2.75) is 46.6 Å². The molecule has 0 bridgehead atoms. The molecule has 1 saturated heterocycles. The molecule has 1 aliphatic rings. The van der Waals surface area contributed by atoms with Gasteiger partial charge in [-0.2, -0.15) is 0 Å². The summed E-state index contributed by atoms with van der Waals surface area (Å²) in [4.78, 5) is 40.8. The topological polar surface area (TPSA) is 78.5 Å². The molecule has 0 spiro atoms. The quantitative estimate of drug-likeness (QED) is 0.676. The van der Waals surface area contributed by atoms with Gasteiger partial charge in [0, 0.05) is 30.8 Å². The van der Waals surface area contributed by atoms with Gasteiger partial charge in [0.25, 0.3) is 11.8 Å². The normalized spacial score (nSPS) is 15.2. The highest BCUT2D eigenvalue weighted by molar-refractivity contribution is 5.98. The molecule has 1 aliphatic heterocycles. The summed E-state index contributed by atoms with van der Waals surface area (Å²) in [5.74, 6) is -0.103. The Kier molecular flexibility index (Phi) is 8.26. The van der Waals surface area contributed by atoms with Crippen molar-refractivity contribution >= 4 is 17.7 Å². The van der Waals surface area contributed by atoms with E-state index >= 15 is 0 Å². The zero-order valence-corrected chi connectivity index (χ0v) is 20.1. The van der Waals surface area contributed by atoms with Crippen LogP contribution in [0.3, 0.4) is 0 Å². The molecule has 3 rings (SSSR count). The largest absolute Gasteiger partial charge is 0.354 e. The Morgan fingerprint density at radius 2 is 1.70 bits per heavy atom. The minimum atomic E-state index is -0.632. The number of rotatable bonds is 7. The molecule has 0 unspecified atom stereocenters. The molecule has 1 atom stereocenters. The lowest BCUT2D eigenvalue weighted by molar-refractivity contribution is -0.124. The van der Waals surface area contributed by atoms with E-state index in [0.29, 0.717) is 49.5 Å². The number of aryl methyl sites for hydroxylation is 2. The Balaban J connectivity index is 1.70. The zero-order chi connectivity index (χ0) is 24.0. The summed E-state index contributed by atoms with van der Waals surface area (Å²) in [5, 5.41) is 5.98. The molecule has 1 heterocycles. The van der Waals surface area contributed by atoms with Crippen molar-refractivity contribution in [1.29, 1.82) is 0 Å². The van der Waals surface area contributed by atoms with Crippen LogP contribution in [0.4, 0.5) is 0 Å². The van der Waals surface area contributed by atoms with E-state index in [1.807, 2.05) is 75.1 Å². The number of amides is 3. The maximum absolute atomic E-state index is 13.1. The van der Waals surface area contributed by atoms with Crippen LogP contribution in [0, 0.1) is 25.7 Å². The van der Waals surface area contributed by atoms with Gasteiger partial charge in [0.1, 0.15) is 6.04 Å². The van der Waals surface area contributed by atoms with E-state index < -0.39 is 6.04 Å². The summed E-state index contributed by atoms with van der Waals surface area (Å²) < 4.78 is 0. The first-order chi connectivity index (χ1) is 15.8. The number of hydrogen-bond donors (Lipinski definition) is 2. The summed E-state index contributed by atoms with van der Waals surface area (Å²) in [6, 6.07) is 14.4. The molecule has 6 nitrogen and oxygen atoms in total. The van der Waals surface area contributed by atoms with Crippen LogP contribution in [-0.2, 0) is 4.79 Å². The number of nitrogens with zero attached hydrogens (tertiary/aromatic N) is 1. The van der Waals surface area contributed by atoms with Crippen molar-refractivity contribution < 1.29 is 14.4 Å². The Morgan fingerprint density at radius 3 is 2.33 bits per heavy atom. The molecule has 1 fully saturated rings. The van der Waals surface area contributed by atoms with E-state index in [0.717, 1.165) is 11.1 Å². The van der Waals surface area contributed by atoms with E-state index in [-0.39, 0.29) is 23.6 Å². The first-order valence-corrected chi connectivity index (χ1v) is 11.8. The highest BCUT2D eigenvalue weighted by atomic mass is 16.2. The van der Waals surface area contributed by atoms with Gasteiger partial charge < -0.3 is 15.5 Å². The molecular weight excluding hydrogens is 414 g/mol. The number of likely N-dealkylation sites (tertiary alicyclic amines) is 1. The lowest BCUT2D eigenvalue weighted by Crippen LogP contribution is -2.54. The lowest BCUT2D eigenvalue weighted by atomic mass is 9.88. The molecule has 0 aromatic heterocycles. The predicted octanol–water partition coefficient (Wildman–Crippen LogP) is 3.73. The van der Waals surface area contributed by atoms with E-state index in [1.165, 1.54) is 0 Å². The van der Waals surface area contributed by atoms with Gasteiger partial charge in [-0.05, 0) is 62.3 Å². The second kappa shape index (κ2) is 11.1. The number of piperidine rings is 1. The fourth-order valence-electron chi connectivity index (χ4n) is 4.26.